The molecular formula is C50H60BrN9O8. The van der Waals surface area contributed by atoms with Gasteiger partial charge in [0.25, 0.3) is 11.8 Å². The van der Waals surface area contributed by atoms with Gasteiger partial charge in [0, 0.05) is 91.4 Å². The molecule has 4 aromatic rings. The molecule has 0 saturated carbocycles. The summed E-state index contributed by atoms with van der Waals surface area (Å²) in [6.45, 7) is 7.82. The zero-order valence-corrected chi connectivity index (χ0v) is 40.7. The van der Waals surface area contributed by atoms with Crippen molar-refractivity contribution in [3.05, 3.63) is 105 Å². The Kier molecular flexibility index (Phi) is 16.6. The number of amides is 6. The van der Waals surface area contributed by atoms with E-state index in [1.165, 1.54) is 4.90 Å². The number of hydrogen-bond acceptors (Lipinski definition) is 12. The van der Waals surface area contributed by atoms with Crippen LogP contribution in [0.3, 0.4) is 0 Å². The summed E-state index contributed by atoms with van der Waals surface area (Å²) < 4.78 is 12.4. The van der Waals surface area contributed by atoms with Crippen LogP contribution in [-0.4, -0.2) is 110 Å². The number of hydrogen-bond donors (Lipinski definition) is 4. The molecule has 3 aliphatic heterocycles. The van der Waals surface area contributed by atoms with Gasteiger partial charge in [-0.2, -0.15) is 0 Å². The molecule has 3 aromatic carbocycles. The molecule has 4 heterocycles. The second-order valence-electron chi connectivity index (χ2n) is 18.0. The SMILES string of the molecule is COc1cc(C(=O)NCCOCCNCCCCCCC(=O)Nc2cccc3c2CN(C2CCC(=O)NC2=O)C3=O)ccc1Cc1ncc2c(n1)N(Cc1ccc(Br)cc1)CC(C)(C)C(=O)N2C. The Labute approximate surface area is 405 Å². The second kappa shape index (κ2) is 22.7. The van der Waals surface area contributed by atoms with Gasteiger partial charge in [0.05, 0.1) is 31.9 Å². The van der Waals surface area contributed by atoms with Gasteiger partial charge in [0.15, 0.2) is 5.82 Å². The smallest absolute Gasteiger partial charge is 0.255 e. The Balaban J connectivity index is 0.773. The highest BCUT2D eigenvalue weighted by Crippen LogP contribution is 2.38. The monoisotopic (exact) mass is 993 g/mol. The van der Waals surface area contributed by atoms with Crippen molar-refractivity contribution in [2.24, 2.45) is 5.41 Å². The maximum atomic E-state index is 13.5. The maximum absolute atomic E-state index is 13.5. The number of methoxy groups -OCH3 is 1. The molecule has 0 spiro atoms. The molecule has 1 atom stereocenters. The number of nitrogens with one attached hydrogen (secondary N) is 4. The Hall–Kier alpha value is -6.24. The van der Waals surface area contributed by atoms with E-state index in [9.17, 15) is 28.8 Å². The van der Waals surface area contributed by atoms with Crippen molar-refractivity contribution in [3.8, 4) is 5.75 Å². The summed E-state index contributed by atoms with van der Waals surface area (Å²) in [6, 6.07) is 17.9. The number of benzene rings is 3. The van der Waals surface area contributed by atoms with Crippen molar-refractivity contribution in [1.82, 2.24) is 30.8 Å². The van der Waals surface area contributed by atoms with Gasteiger partial charge >= 0.3 is 0 Å². The molecule has 7 rings (SSSR count). The van der Waals surface area contributed by atoms with Crippen molar-refractivity contribution >= 4 is 68.6 Å². The van der Waals surface area contributed by atoms with Crippen molar-refractivity contribution < 1.29 is 38.2 Å². The molecule has 0 bridgehead atoms. The molecule has 1 fully saturated rings. The molecule has 1 unspecified atom stereocenters. The number of anilines is 3. The van der Waals surface area contributed by atoms with Gasteiger partial charge < -0.3 is 40.1 Å². The Morgan fingerprint density at radius 3 is 2.51 bits per heavy atom. The first-order valence-corrected chi connectivity index (χ1v) is 23.9. The fraction of sp³-hybridized carbons (Fsp3) is 0.440. The molecule has 1 aromatic heterocycles. The highest BCUT2D eigenvalue weighted by molar-refractivity contribution is 9.10. The molecule has 6 amide bonds. The first-order chi connectivity index (χ1) is 32.7. The van der Waals surface area contributed by atoms with Crippen molar-refractivity contribution in [2.75, 3.05) is 68.7 Å². The van der Waals surface area contributed by atoms with Crippen LogP contribution in [0.5, 0.6) is 5.75 Å². The van der Waals surface area contributed by atoms with Gasteiger partial charge in [-0.15, -0.1) is 0 Å². The number of nitrogens with zero attached hydrogens (tertiary/aromatic N) is 5. The first-order valence-electron chi connectivity index (χ1n) is 23.2. The molecule has 68 heavy (non-hydrogen) atoms. The number of rotatable bonds is 21. The van der Waals surface area contributed by atoms with Crippen LogP contribution in [0.15, 0.2) is 71.3 Å². The van der Waals surface area contributed by atoms with Gasteiger partial charge in [-0.3, -0.25) is 34.1 Å². The van der Waals surface area contributed by atoms with E-state index in [4.69, 9.17) is 14.5 Å². The molecule has 3 aliphatic rings. The number of halogens is 1. The second-order valence-corrected chi connectivity index (χ2v) is 18.9. The molecule has 4 N–H and O–H groups in total. The standard InChI is InChI=1S/C50H60BrN9O8/c1-50(2)31-59(29-32-13-17-35(51)18-14-32)45-40(58(3)49(50)66)28-54-42(56-45)27-33-15-16-34(26-41(33)67-4)46(63)53-23-25-68-24-22-52-21-8-6-5-7-12-43(61)55-38-11-9-10-36-37(38)30-60(48(36)65)39-19-20-44(62)57-47(39)64/h9-11,13-18,26,28,39,52H,5-8,12,19-25,27,29-31H2,1-4H3,(H,53,63)(H,55,61)(H,57,62,64). The van der Waals surface area contributed by atoms with Crippen LogP contribution in [0.4, 0.5) is 17.2 Å². The average molecular weight is 995 g/mol. The highest BCUT2D eigenvalue weighted by Gasteiger charge is 2.41. The Morgan fingerprint density at radius 2 is 1.74 bits per heavy atom. The van der Waals surface area contributed by atoms with Gasteiger partial charge in [-0.05, 0) is 81.6 Å². The van der Waals surface area contributed by atoms with Crippen LogP contribution in [0.1, 0.15) is 102 Å². The number of ether oxygens (including phenoxy) is 2. The number of imide groups is 1. The Morgan fingerprint density at radius 1 is 0.956 bits per heavy atom. The zero-order valence-electron chi connectivity index (χ0n) is 39.1. The van der Waals surface area contributed by atoms with Crippen molar-refractivity contribution in [1.29, 1.82) is 0 Å². The minimum atomic E-state index is -0.710. The third kappa shape index (κ3) is 12.3. The third-order valence-electron chi connectivity index (χ3n) is 12.4. The summed E-state index contributed by atoms with van der Waals surface area (Å²) in [5.41, 5.74) is 4.06. The van der Waals surface area contributed by atoms with E-state index >= 15 is 0 Å². The lowest BCUT2D eigenvalue weighted by atomic mass is 9.91. The third-order valence-corrected chi connectivity index (χ3v) is 13.0. The van der Waals surface area contributed by atoms with Gasteiger partial charge in [0.1, 0.15) is 23.3 Å². The molecule has 17 nitrogen and oxygen atoms in total. The van der Waals surface area contributed by atoms with Crippen LogP contribution in [0, 0.1) is 5.41 Å². The molecule has 0 aliphatic carbocycles. The summed E-state index contributed by atoms with van der Waals surface area (Å²) in [5, 5.41) is 11.5. The fourth-order valence-electron chi connectivity index (χ4n) is 8.80. The van der Waals surface area contributed by atoms with E-state index in [1.807, 2.05) is 32.0 Å². The maximum Gasteiger partial charge on any atom is 0.255 e. The summed E-state index contributed by atoms with van der Waals surface area (Å²) in [5.74, 6) is 0.318. The van der Waals surface area contributed by atoms with E-state index in [2.05, 4.69) is 59.2 Å². The lowest BCUT2D eigenvalue weighted by molar-refractivity contribution is -0.137. The number of aromatic nitrogens is 2. The number of fused-ring (bicyclic) bond motifs is 2. The topological polar surface area (TPSA) is 204 Å². The summed E-state index contributed by atoms with van der Waals surface area (Å²) >= 11 is 3.51. The number of unbranched alkanes of at least 4 members (excludes halogenated alkanes) is 3. The minimum Gasteiger partial charge on any atom is -0.496 e. The van der Waals surface area contributed by atoms with Crippen LogP contribution < -0.4 is 35.8 Å². The molecular weight excluding hydrogens is 935 g/mol. The minimum absolute atomic E-state index is 0.00845. The molecule has 360 valence electrons. The summed E-state index contributed by atoms with van der Waals surface area (Å²) in [7, 11) is 3.33. The van der Waals surface area contributed by atoms with E-state index < -0.39 is 17.4 Å². The molecule has 0 radical (unpaired) electrons. The number of carbonyl (C=O) groups is 6. The van der Waals surface area contributed by atoms with Crippen LogP contribution in [0.2, 0.25) is 0 Å². The van der Waals surface area contributed by atoms with Gasteiger partial charge in [0.2, 0.25) is 23.6 Å². The highest BCUT2D eigenvalue weighted by atomic mass is 79.9. The van der Waals surface area contributed by atoms with Gasteiger partial charge in [-0.25, -0.2) is 9.97 Å². The van der Waals surface area contributed by atoms with Gasteiger partial charge in [-0.1, -0.05) is 53.0 Å². The number of carbonyl (C=O) groups excluding carboxylic acids is 6. The van der Waals surface area contributed by atoms with Crippen LogP contribution in [-0.2, 0) is 43.4 Å². The lowest BCUT2D eigenvalue weighted by Gasteiger charge is -2.29. The molecule has 18 heteroatoms. The normalized spacial score (nSPS) is 16.5. The van der Waals surface area contributed by atoms with E-state index in [-0.39, 0.29) is 48.9 Å². The van der Waals surface area contributed by atoms with Crippen LogP contribution >= 0.6 is 15.9 Å². The van der Waals surface area contributed by atoms with E-state index in [1.54, 1.807) is 55.6 Å². The summed E-state index contributed by atoms with van der Waals surface area (Å²) in [4.78, 5) is 91.3. The number of piperidine rings is 1. The largest absolute Gasteiger partial charge is 0.496 e. The van der Waals surface area contributed by atoms with Crippen molar-refractivity contribution in [3.63, 3.8) is 0 Å². The predicted molar refractivity (Wildman–Crippen MR) is 260 cm³/mol. The predicted octanol–water partition coefficient (Wildman–Crippen LogP) is 5.53. The van der Waals surface area contributed by atoms with Crippen molar-refractivity contribution in [2.45, 2.75) is 84.3 Å². The van der Waals surface area contributed by atoms with E-state index in [0.29, 0.717) is 97.7 Å². The Bertz CT molecular complexity index is 2520. The summed E-state index contributed by atoms with van der Waals surface area (Å²) in [6.07, 6.45) is 6.42. The average Bonchev–Trinajstić information content (AvgIpc) is 3.63. The van der Waals surface area contributed by atoms with Crippen LogP contribution in [0.25, 0.3) is 0 Å². The fourth-order valence-corrected chi connectivity index (χ4v) is 9.06. The molecule has 1 saturated heterocycles. The lowest BCUT2D eigenvalue weighted by Crippen LogP contribution is -2.52. The first kappa shape index (κ1) is 49.7. The zero-order chi connectivity index (χ0) is 48.4. The van der Waals surface area contributed by atoms with E-state index in [0.717, 1.165) is 47.8 Å². The quantitative estimate of drug-likeness (QED) is 0.0601.